The summed E-state index contributed by atoms with van der Waals surface area (Å²) in [6.07, 6.45) is 0. The predicted octanol–water partition coefficient (Wildman–Crippen LogP) is 10.8. The van der Waals surface area contributed by atoms with Crippen LogP contribution in [-0.4, -0.2) is 19.5 Å². The SMILES string of the molecule is c1ccc(B2c3ccccc3-c3ccccc3N2c2cc(-c3cccc(-n4c5ccccc5c5ccccc54)c3)cc([Si](c3ccccc3)(c3ccccc3)c3ccccc3)c2)cc1. The van der Waals surface area contributed by atoms with Gasteiger partial charge < -0.3 is 9.38 Å². The van der Waals surface area contributed by atoms with Crippen LogP contribution >= 0.6 is 0 Å². The van der Waals surface area contributed by atoms with E-state index < -0.39 is 8.07 Å². The summed E-state index contributed by atoms with van der Waals surface area (Å²) in [7, 11) is -2.99. The van der Waals surface area contributed by atoms with Gasteiger partial charge in [0, 0.05) is 33.4 Å². The Morgan fingerprint density at radius 3 is 1.45 bits per heavy atom. The fourth-order valence-electron chi connectivity index (χ4n) is 10.6. The molecule has 0 N–H and O–H groups in total. The van der Waals surface area contributed by atoms with E-state index in [2.05, 4.69) is 270 Å². The molecule has 2 nitrogen and oxygen atoms in total. The van der Waals surface area contributed by atoms with Crippen molar-refractivity contribution in [2.45, 2.75) is 0 Å². The Morgan fingerprint density at radius 2 is 0.828 bits per heavy atom. The molecule has 300 valence electrons. The second kappa shape index (κ2) is 15.8. The van der Waals surface area contributed by atoms with Gasteiger partial charge >= 0.3 is 6.85 Å². The number of benzene rings is 10. The molecule has 0 amide bonds. The molecule has 0 atom stereocenters. The monoisotopic (exact) mass is 830 g/mol. The number of aromatic nitrogens is 1. The second-order valence-corrected chi connectivity index (χ2v) is 20.6. The average Bonchev–Trinajstić information content (AvgIpc) is 3.72. The van der Waals surface area contributed by atoms with Gasteiger partial charge in [-0.25, -0.2) is 0 Å². The van der Waals surface area contributed by atoms with E-state index in [1.165, 1.54) is 81.4 Å². The molecule has 0 saturated heterocycles. The molecular weight excluding hydrogens is 788 g/mol. The van der Waals surface area contributed by atoms with E-state index >= 15 is 0 Å². The van der Waals surface area contributed by atoms with E-state index in [-0.39, 0.29) is 6.85 Å². The van der Waals surface area contributed by atoms with Gasteiger partial charge in [0.1, 0.15) is 0 Å². The summed E-state index contributed by atoms with van der Waals surface area (Å²) in [4.78, 5) is 2.62. The predicted molar refractivity (Wildman–Crippen MR) is 275 cm³/mol. The van der Waals surface area contributed by atoms with Crippen LogP contribution in [0.5, 0.6) is 0 Å². The van der Waals surface area contributed by atoms with Crippen molar-refractivity contribution in [3.63, 3.8) is 0 Å². The first-order valence-electron chi connectivity index (χ1n) is 22.2. The van der Waals surface area contributed by atoms with Crippen LogP contribution in [-0.2, 0) is 0 Å². The van der Waals surface area contributed by atoms with Crippen molar-refractivity contribution < 1.29 is 0 Å². The lowest BCUT2D eigenvalue weighted by atomic mass is 9.46. The number of fused-ring (bicyclic) bond motifs is 6. The maximum absolute atomic E-state index is 2.99. The van der Waals surface area contributed by atoms with Crippen LogP contribution in [0.4, 0.5) is 11.4 Å². The Balaban J connectivity index is 1.19. The molecule has 0 spiro atoms. The Bertz CT molecular complexity index is 3310. The molecule has 10 aromatic carbocycles. The van der Waals surface area contributed by atoms with Crippen LogP contribution in [0.2, 0.25) is 0 Å². The smallest absolute Gasteiger partial charge is 0.328 e. The van der Waals surface area contributed by atoms with Crippen molar-refractivity contribution in [1.82, 2.24) is 4.57 Å². The normalized spacial score (nSPS) is 12.3. The number of para-hydroxylation sites is 3. The zero-order chi connectivity index (χ0) is 42.5. The van der Waals surface area contributed by atoms with Crippen molar-refractivity contribution in [3.05, 3.63) is 261 Å². The number of rotatable bonds is 8. The minimum Gasteiger partial charge on any atom is -0.376 e. The van der Waals surface area contributed by atoms with Gasteiger partial charge in [-0.15, -0.1) is 0 Å². The molecule has 1 aliphatic heterocycles. The molecule has 0 aliphatic carbocycles. The topological polar surface area (TPSA) is 8.17 Å². The second-order valence-electron chi connectivity index (χ2n) is 16.8. The summed E-state index contributed by atoms with van der Waals surface area (Å²) in [5.41, 5.74) is 13.3. The number of anilines is 2. The van der Waals surface area contributed by atoms with E-state index in [0.29, 0.717) is 0 Å². The lowest BCUT2D eigenvalue weighted by molar-refractivity contribution is 1.18. The molecule has 0 fully saturated rings. The summed E-state index contributed by atoms with van der Waals surface area (Å²) in [6, 6.07) is 97.2. The van der Waals surface area contributed by atoms with Gasteiger partial charge in [-0.3, -0.25) is 0 Å². The van der Waals surface area contributed by atoms with Gasteiger partial charge in [0.2, 0.25) is 0 Å². The first-order valence-corrected chi connectivity index (χ1v) is 24.2. The van der Waals surface area contributed by atoms with Crippen LogP contribution in [0, 0.1) is 0 Å². The summed E-state index contributed by atoms with van der Waals surface area (Å²) < 4.78 is 2.43. The van der Waals surface area contributed by atoms with E-state index in [4.69, 9.17) is 0 Å². The van der Waals surface area contributed by atoms with Gasteiger partial charge in [-0.1, -0.05) is 224 Å². The van der Waals surface area contributed by atoms with E-state index in [0.717, 1.165) is 11.4 Å². The molecule has 11 aromatic rings. The molecular formula is C60H43BN2Si. The maximum Gasteiger partial charge on any atom is 0.328 e. The molecule has 0 saturated carbocycles. The molecule has 4 heteroatoms. The summed E-state index contributed by atoms with van der Waals surface area (Å²) in [5, 5.41) is 7.88. The van der Waals surface area contributed by atoms with Crippen molar-refractivity contribution in [1.29, 1.82) is 0 Å². The van der Waals surface area contributed by atoms with Crippen LogP contribution in [0.3, 0.4) is 0 Å². The largest absolute Gasteiger partial charge is 0.376 e. The summed E-state index contributed by atoms with van der Waals surface area (Å²) in [5.74, 6) is 0. The van der Waals surface area contributed by atoms with Crippen molar-refractivity contribution in [2.24, 2.45) is 0 Å². The molecule has 12 rings (SSSR count). The van der Waals surface area contributed by atoms with Gasteiger partial charge in [-0.2, -0.15) is 0 Å². The lowest BCUT2D eigenvalue weighted by Gasteiger charge is -2.40. The van der Waals surface area contributed by atoms with E-state index in [1.54, 1.807) is 0 Å². The Hall–Kier alpha value is -7.92. The number of hydrogen-bond donors (Lipinski definition) is 0. The molecule has 2 heterocycles. The van der Waals surface area contributed by atoms with Crippen LogP contribution < -0.4 is 36.5 Å². The fourth-order valence-corrected chi connectivity index (χ4v) is 15.5. The van der Waals surface area contributed by atoms with Crippen molar-refractivity contribution >= 4 is 79.8 Å². The summed E-state index contributed by atoms with van der Waals surface area (Å²) >= 11 is 0. The minimum atomic E-state index is -2.99. The zero-order valence-corrected chi connectivity index (χ0v) is 36.3. The molecule has 64 heavy (non-hydrogen) atoms. The van der Waals surface area contributed by atoms with Gasteiger partial charge in [0.05, 0.1) is 11.0 Å². The van der Waals surface area contributed by atoms with Crippen molar-refractivity contribution in [3.8, 4) is 27.9 Å². The molecule has 0 bridgehead atoms. The fraction of sp³-hybridized carbons (Fsp3) is 0. The molecule has 1 aliphatic rings. The van der Waals surface area contributed by atoms with E-state index in [9.17, 15) is 0 Å². The first kappa shape index (κ1) is 37.8. The third-order valence-corrected chi connectivity index (χ3v) is 18.1. The quantitative estimate of drug-likeness (QED) is 0.109. The Morgan fingerprint density at radius 1 is 0.328 bits per heavy atom. The van der Waals surface area contributed by atoms with E-state index in [1.807, 2.05) is 0 Å². The standard InChI is InChI=1S/C60H43BN2Si/c1-5-23-46(24-6-1)61-57-36-17-13-32-53(57)54-33-16-20-39-60(54)63(61)48-41-45(44-22-21-25-47(40-44)62-58-37-18-14-34-55(58)56-35-15-19-38-59(56)62)42-52(43-48)64(49-26-7-2-8-27-49,50-28-9-3-10-29-50)51-30-11-4-12-31-51/h1-43H. The first-order chi connectivity index (χ1) is 31.8. The van der Waals surface area contributed by atoms with Crippen LogP contribution in [0.15, 0.2) is 261 Å². The Labute approximate surface area is 376 Å². The highest BCUT2D eigenvalue weighted by atomic mass is 28.3. The van der Waals surface area contributed by atoms with Gasteiger partial charge in [0.25, 0.3) is 0 Å². The molecule has 1 aromatic heterocycles. The average molecular weight is 831 g/mol. The zero-order valence-electron chi connectivity index (χ0n) is 35.3. The van der Waals surface area contributed by atoms with Crippen LogP contribution in [0.25, 0.3) is 49.7 Å². The molecule has 0 radical (unpaired) electrons. The highest BCUT2D eigenvalue weighted by Crippen LogP contribution is 2.41. The Kier molecular flexibility index (Phi) is 9.32. The van der Waals surface area contributed by atoms with Crippen molar-refractivity contribution in [2.75, 3.05) is 4.81 Å². The third kappa shape index (κ3) is 6.10. The minimum absolute atomic E-state index is 0.0689. The highest BCUT2D eigenvalue weighted by Gasteiger charge is 2.43. The van der Waals surface area contributed by atoms with Crippen LogP contribution in [0.1, 0.15) is 0 Å². The highest BCUT2D eigenvalue weighted by molar-refractivity contribution is 7.20. The third-order valence-electron chi connectivity index (χ3n) is 13.3. The maximum atomic E-state index is 2.62. The van der Waals surface area contributed by atoms with Gasteiger partial charge in [0.15, 0.2) is 8.07 Å². The number of hydrogen-bond acceptors (Lipinski definition) is 1. The summed E-state index contributed by atoms with van der Waals surface area (Å²) in [6.45, 7) is -0.0689. The molecule has 0 unspecified atom stereocenters. The number of nitrogens with zero attached hydrogens (tertiary/aromatic N) is 2. The van der Waals surface area contributed by atoms with Gasteiger partial charge in [-0.05, 0) is 85.4 Å². The lowest BCUT2D eigenvalue weighted by Crippen LogP contribution is -2.74.